The summed E-state index contributed by atoms with van der Waals surface area (Å²) in [5.41, 5.74) is 0.941. The van der Waals surface area contributed by atoms with E-state index in [1.165, 1.54) is 0 Å². The van der Waals surface area contributed by atoms with Crippen molar-refractivity contribution in [2.45, 2.75) is 20.0 Å². The number of likely N-dealkylation sites (N-methyl/N-ethyl adjacent to an activating group) is 1. The summed E-state index contributed by atoms with van der Waals surface area (Å²) < 4.78 is 1.78. The Morgan fingerprint density at radius 1 is 1.64 bits per heavy atom. The maximum atomic E-state index is 11.2. The van der Waals surface area contributed by atoms with Gasteiger partial charge in [0.2, 0.25) is 5.91 Å². The molecular weight excluding hydrogens is 180 g/mol. The Bertz CT molecular complexity index is 295. The van der Waals surface area contributed by atoms with Crippen LogP contribution in [0.25, 0.3) is 0 Å². The number of carbonyl (C=O) groups is 1. The molecule has 5 nitrogen and oxygen atoms in total. The lowest BCUT2D eigenvalue weighted by Crippen LogP contribution is -2.26. The maximum Gasteiger partial charge on any atom is 0.239 e. The van der Waals surface area contributed by atoms with Crippen LogP contribution < -0.4 is 10.6 Å². The van der Waals surface area contributed by atoms with E-state index in [0.29, 0.717) is 13.1 Å². The summed E-state index contributed by atoms with van der Waals surface area (Å²) in [6.07, 6.45) is 3.54. The van der Waals surface area contributed by atoms with Crippen molar-refractivity contribution >= 4 is 5.91 Å². The molecule has 0 atom stereocenters. The van der Waals surface area contributed by atoms with Crippen molar-refractivity contribution in [2.24, 2.45) is 0 Å². The van der Waals surface area contributed by atoms with Crippen molar-refractivity contribution in [3.63, 3.8) is 0 Å². The predicted octanol–water partition coefficient (Wildman–Crippen LogP) is -0.261. The first-order valence-electron chi connectivity index (χ1n) is 4.68. The molecule has 0 bridgehead atoms. The maximum absolute atomic E-state index is 11.2. The summed E-state index contributed by atoms with van der Waals surface area (Å²) >= 11 is 0. The van der Waals surface area contributed by atoms with Crippen LogP contribution in [0.2, 0.25) is 0 Å². The highest BCUT2D eigenvalue weighted by molar-refractivity contribution is 5.75. The third-order valence-corrected chi connectivity index (χ3v) is 1.74. The van der Waals surface area contributed by atoms with Gasteiger partial charge in [0.15, 0.2) is 0 Å². The minimum atomic E-state index is 0.0147. The second-order valence-corrected chi connectivity index (χ2v) is 3.02. The van der Waals surface area contributed by atoms with Gasteiger partial charge in [0.1, 0.15) is 6.54 Å². The summed E-state index contributed by atoms with van der Waals surface area (Å²) in [5, 5.41) is 5.73. The first-order chi connectivity index (χ1) is 6.76. The summed E-state index contributed by atoms with van der Waals surface area (Å²) in [4.78, 5) is 15.3. The molecule has 1 aromatic heterocycles. The molecule has 0 spiro atoms. The van der Waals surface area contributed by atoms with E-state index in [-0.39, 0.29) is 5.91 Å². The number of carbonyl (C=O) groups excluding carboxylic acids is 1. The highest BCUT2D eigenvalue weighted by atomic mass is 16.1. The van der Waals surface area contributed by atoms with E-state index < -0.39 is 0 Å². The van der Waals surface area contributed by atoms with E-state index in [4.69, 9.17) is 0 Å². The molecule has 14 heavy (non-hydrogen) atoms. The Kier molecular flexibility index (Phi) is 4.12. The molecule has 0 fully saturated rings. The predicted molar refractivity (Wildman–Crippen MR) is 53.7 cm³/mol. The van der Waals surface area contributed by atoms with Gasteiger partial charge in [-0.15, -0.1) is 0 Å². The van der Waals surface area contributed by atoms with Crippen LogP contribution in [0.1, 0.15) is 12.6 Å². The topological polar surface area (TPSA) is 59.0 Å². The summed E-state index contributed by atoms with van der Waals surface area (Å²) in [6.45, 7) is 3.63. The Morgan fingerprint density at radius 3 is 3.07 bits per heavy atom. The van der Waals surface area contributed by atoms with E-state index in [2.05, 4.69) is 15.6 Å². The van der Waals surface area contributed by atoms with Crippen molar-refractivity contribution in [1.29, 1.82) is 0 Å². The largest absolute Gasteiger partial charge is 0.355 e. The molecule has 0 aromatic carbocycles. The Hall–Kier alpha value is -1.36. The van der Waals surface area contributed by atoms with Gasteiger partial charge in [-0.25, -0.2) is 4.98 Å². The van der Waals surface area contributed by atoms with Crippen LogP contribution in [0.15, 0.2) is 12.5 Å². The van der Waals surface area contributed by atoms with Gasteiger partial charge in [-0.3, -0.25) is 4.79 Å². The summed E-state index contributed by atoms with van der Waals surface area (Å²) in [6, 6.07) is 0. The lowest BCUT2D eigenvalue weighted by atomic mass is 10.5. The summed E-state index contributed by atoms with van der Waals surface area (Å²) in [5.74, 6) is 0.0147. The lowest BCUT2D eigenvalue weighted by molar-refractivity contribution is -0.121. The zero-order valence-corrected chi connectivity index (χ0v) is 8.58. The Morgan fingerprint density at radius 2 is 2.43 bits per heavy atom. The van der Waals surface area contributed by atoms with Gasteiger partial charge in [0, 0.05) is 19.3 Å². The van der Waals surface area contributed by atoms with Crippen molar-refractivity contribution in [3.05, 3.63) is 18.2 Å². The SMILES string of the molecule is CCNC(=O)Cn1cnc(CNC)c1. The standard InChI is InChI=1S/C9H16N4O/c1-3-11-9(14)6-13-5-8(4-10-2)12-7-13/h5,7,10H,3-4,6H2,1-2H3,(H,11,14). The van der Waals surface area contributed by atoms with Gasteiger partial charge >= 0.3 is 0 Å². The summed E-state index contributed by atoms with van der Waals surface area (Å²) in [7, 11) is 1.86. The fourth-order valence-corrected chi connectivity index (χ4v) is 1.18. The average Bonchev–Trinajstić information content (AvgIpc) is 2.53. The van der Waals surface area contributed by atoms with Gasteiger partial charge in [-0.05, 0) is 14.0 Å². The number of nitrogens with one attached hydrogen (secondary N) is 2. The third kappa shape index (κ3) is 3.18. The van der Waals surface area contributed by atoms with E-state index in [9.17, 15) is 4.79 Å². The van der Waals surface area contributed by atoms with Crippen LogP contribution >= 0.6 is 0 Å². The molecular formula is C9H16N4O. The molecule has 0 aliphatic rings. The average molecular weight is 196 g/mol. The molecule has 78 valence electrons. The monoisotopic (exact) mass is 196 g/mol. The molecule has 1 aromatic rings. The second kappa shape index (κ2) is 5.39. The highest BCUT2D eigenvalue weighted by Crippen LogP contribution is 1.95. The first-order valence-corrected chi connectivity index (χ1v) is 4.68. The van der Waals surface area contributed by atoms with Gasteiger partial charge in [0.05, 0.1) is 12.0 Å². The molecule has 0 saturated heterocycles. The molecule has 1 amide bonds. The van der Waals surface area contributed by atoms with E-state index in [0.717, 1.165) is 12.2 Å². The van der Waals surface area contributed by atoms with Gasteiger partial charge < -0.3 is 15.2 Å². The van der Waals surface area contributed by atoms with Crippen LogP contribution in [0.5, 0.6) is 0 Å². The molecule has 0 saturated carbocycles. The number of rotatable bonds is 5. The van der Waals surface area contributed by atoms with E-state index >= 15 is 0 Å². The van der Waals surface area contributed by atoms with Crippen molar-refractivity contribution < 1.29 is 4.79 Å². The molecule has 0 radical (unpaired) electrons. The van der Waals surface area contributed by atoms with Crippen LogP contribution in [0.4, 0.5) is 0 Å². The molecule has 0 aliphatic heterocycles. The number of aromatic nitrogens is 2. The molecule has 2 N–H and O–H groups in total. The molecule has 0 aliphatic carbocycles. The van der Waals surface area contributed by atoms with Crippen molar-refractivity contribution in [2.75, 3.05) is 13.6 Å². The smallest absolute Gasteiger partial charge is 0.239 e. The normalized spacial score (nSPS) is 10.1. The van der Waals surface area contributed by atoms with Gasteiger partial charge in [-0.1, -0.05) is 0 Å². The van der Waals surface area contributed by atoms with Crippen molar-refractivity contribution in [3.8, 4) is 0 Å². The minimum Gasteiger partial charge on any atom is -0.355 e. The molecule has 5 heteroatoms. The van der Waals surface area contributed by atoms with Crippen molar-refractivity contribution in [1.82, 2.24) is 20.2 Å². The Balaban J connectivity index is 2.46. The van der Waals surface area contributed by atoms with Gasteiger partial charge in [-0.2, -0.15) is 0 Å². The second-order valence-electron chi connectivity index (χ2n) is 3.02. The number of amides is 1. The van der Waals surface area contributed by atoms with E-state index in [1.807, 2.05) is 20.2 Å². The first kappa shape index (κ1) is 10.7. The molecule has 0 unspecified atom stereocenters. The van der Waals surface area contributed by atoms with Crippen LogP contribution in [-0.4, -0.2) is 29.1 Å². The zero-order valence-electron chi connectivity index (χ0n) is 8.58. The molecule has 1 heterocycles. The van der Waals surface area contributed by atoms with E-state index in [1.54, 1.807) is 10.9 Å². The minimum absolute atomic E-state index is 0.0147. The Labute approximate surface area is 83.5 Å². The number of hydrogen-bond acceptors (Lipinski definition) is 3. The third-order valence-electron chi connectivity index (χ3n) is 1.74. The van der Waals surface area contributed by atoms with Crippen LogP contribution in [0, 0.1) is 0 Å². The van der Waals surface area contributed by atoms with Crippen LogP contribution in [0.3, 0.4) is 0 Å². The lowest BCUT2D eigenvalue weighted by Gasteiger charge is -2.01. The van der Waals surface area contributed by atoms with Crippen LogP contribution in [-0.2, 0) is 17.9 Å². The fourth-order valence-electron chi connectivity index (χ4n) is 1.18. The van der Waals surface area contributed by atoms with Gasteiger partial charge in [0.25, 0.3) is 0 Å². The molecule has 1 rings (SSSR count). The highest BCUT2D eigenvalue weighted by Gasteiger charge is 2.02. The fraction of sp³-hybridized carbons (Fsp3) is 0.556. The number of imidazole rings is 1. The quantitative estimate of drug-likeness (QED) is 0.682. The zero-order chi connectivity index (χ0) is 10.4. The number of nitrogens with zero attached hydrogens (tertiary/aromatic N) is 2. The number of hydrogen-bond donors (Lipinski definition) is 2.